The van der Waals surface area contributed by atoms with Gasteiger partial charge in [0, 0.05) is 5.69 Å². The van der Waals surface area contributed by atoms with Crippen molar-refractivity contribution in [2.75, 3.05) is 11.9 Å². The van der Waals surface area contributed by atoms with Gasteiger partial charge in [0.1, 0.15) is 5.75 Å². The van der Waals surface area contributed by atoms with E-state index in [0.29, 0.717) is 29.8 Å². The molecule has 0 spiro atoms. The molecule has 0 heterocycles. The molecular formula is C24H29NO4. The number of aryl methyl sites for hydroxylation is 2. The van der Waals surface area contributed by atoms with Gasteiger partial charge in [-0.15, -0.1) is 0 Å². The second-order valence-corrected chi connectivity index (χ2v) is 7.34. The van der Waals surface area contributed by atoms with Crippen molar-refractivity contribution in [2.24, 2.45) is 0 Å². The molecule has 0 unspecified atom stereocenters. The normalized spacial score (nSPS) is 13.9. The van der Waals surface area contributed by atoms with Crippen molar-refractivity contribution in [1.29, 1.82) is 0 Å². The Morgan fingerprint density at radius 3 is 2.55 bits per heavy atom. The molecule has 1 N–H and O–H groups in total. The van der Waals surface area contributed by atoms with Crippen LogP contribution in [0.25, 0.3) is 0 Å². The molecule has 0 radical (unpaired) electrons. The minimum atomic E-state index is -0.609. The van der Waals surface area contributed by atoms with Crippen molar-refractivity contribution < 1.29 is 19.1 Å². The van der Waals surface area contributed by atoms with Crippen LogP contribution in [0.2, 0.25) is 0 Å². The van der Waals surface area contributed by atoms with Crippen molar-refractivity contribution in [3.8, 4) is 5.75 Å². The predicted octanol–water partition coefficient (Wildman–Crippen LogP) is 4.85. The molecule has 5 heteroatoms. The molecule has 2 aromatic carbocycles. The Kier molecular flexibility index (Phi) is 6.91. The number of fused-ring (bicyclic) bond motifs is 1. The van der Waals surface area contributed by atoms with Crippen molar-refractivity contribution in [3.63, 3.8) is 0 Å². The molecule has 0 saturated carbocycles. The molecule has 1 atom stereocenters. The fourth-order valence-electron chi connectivity index (χ4n) is 3.68. The van der Waals surface area contributed by atoms with Crippen LogP contribution in [0.5, 0.6) is 5.75 Å². The van der Waals surface area contributed by atoms with Gasteiger partial charge >= 0.3 is 5.97 Å². The van der Waals surface area contributed by atoms with Gasteiger partial charge < -0.3 is 14.8 Å². The molecule has 0 bridgehead atoms. The number of ether oxygens (including phenoxy) is 2. The number of carbonyl (C=O) groups excluding carboxylic acids is 2. The van der Waals surface area contributed by atoms with E-state index in [-0.39, 0.29) is 5.91 Å². The summed E-state index contributed by atoms with van der Waals surface area (Å²) in [6.07, 6.45) is 4.54. The Hall–Kier alpha value is -2.82. The third-order valence-electron chi connectivity index (χ3n) is 5.35. The van der Waals surface area contributed by atoms with Crippen molar-refractivity contribution in [1.82, 2.24) is 0 Å². The fourth-order valence-corrected chi connectivity index (χ4v) is 3.68. The summed E-state index contributed by atoms with van der Waals surface area (Å²) < 4.78 is 11.1. The van der Waals surface area contributed by atoms with E-state index in [1.807, 2.05) is 13.0 Å². The van der Waals surface area contributed by atoms with Gasteiger partial charge in [-0.1, -0.05) is 19.1 Å². The van der Waals surface area contributed by atoms with Crippen LogP contribution in [-0.4, -0.2) is 24.6 Å². The highest BCUT2D eigenvalue weighted by atomic mass is 16.5. The number of esters is 1. The number of benzene rings is 2. The molecule has 2 aromatic rings. The summed E-state index contributed by atoms with van der Waals surface area (Å²) >= 11 is 0. The Labute approximate surface area is 172 Å². The molecule has 29 heavy (non-hydrogen) atoms. The first-order valence-electron chi connectivity index (χ1n) is 10.4. The minimum absolute atomic E-state index is 0.227. The maximum Gasteiger partial charge on any atom is 0.338 e. The van der Waals surface area contributed by atoms with Crippen molar-refractivity contribution >= 4 is 17.6 Å². The number of amides is 1. The largest absolute Gasteiger partial charge is 0.481 e. The summed E-state index contributed by atoms with van der Waals surface area (Å²) in [5.41, 5.74) is 4.43. The fraction of sp³-hybridized carbons (Fsp3) is 0.417. The van der Waals surface area contributed by atoms with Crippen LogP contribution in [0.3, 0.4) is 0 Å². The summed E-state index contributed by atoms with van der Waals surface area (Å²) in [7, 11) is 0. The first kappa shape index (κ1) is 20.9. The minimum Gasteiger partial charge on any atom is -0.481 e. The van der Waals surface area contributed by atoms with E-state index in [4.69, 9.17) is 9.47 Å². The number of carbonyl (C=O) groups is 2. The van der Waals surface area contributed by atoms with E-state index in [0.717, 1.165) is 18.6 Å². The lowest BCUT2D eigenvalue weighted by atomic mass is 9.92. The molecule has 0 aromatic heterocycles. The summed E-state index contributed by atoms with van der Waals surface area (Å²) in [5, 5.41) is 2.91. The van der Waals surface area contributed by atoms with Crippen LogP contribution in [-0.2, 0) is 22.4 Å². The van der Waals surface area contributed by atoms with Crippen LogP contribution in [0.4, 0.5) is 5.69 Å². The zero-order valence-electron chi connectivity index (χ0n) is 17.4. The van der Waals surface area contributed by atoms with E-state index >= 15 is 0 Å². The standard InChI is InChI=1S/C24H29NO4/c1-4-22(29-19-14-13-17-9-6-7-10-18(17)15-19)23(26)25-21-12-8-11-20(16(21)3)24(27)28-5-2/h8,11-15,22H,4-7,9-10H2,1-3H3,(H,25,26)/t22-/m1/s1. The summed E-state index contributed by atoms with van der Waals surface area (Å²) in [6.45, 7) is 5.79. The first-order valence-corrected chi connectivity index (χ1v) is 10.4. The number of hydrogen-bond acceptors (Lipinski definition) is 4. The zero-order chi connectivity index (χ0) is 20.8. The van der Waals surface area contributed by atoms with Gasteiger partial charge in [0.2, 0.25) is 0 Å². The average Bonchev–Trinajstić information content (AvgIpc) is 2.73. The number of nitrogens with one attached hydrogen (secondary N) is 1. The second kappa shape index (κ2) is 9.59. The number of hydrogen-bond donors (Lipinski definition) is 1. The molecule has 5 nitrogen and oxygen atoms in total. The maximum atomic E-state index is 12.8. The van der Waals surface area contributed by atoms with Crippen molar-refractivity contribution in [3.05, 3.63) is 58.7 Å². The molecule has 3 rings (SSSR count). The lowest BCUT2D eigenvalue weighted by molar-refractivity contribution is -0.122. The highest BCUT2D eigenvalue weighted by molar-refractivity contribution is 5.98. The third kappa shape index (κ3) is 4.97. The Balaban J connectivity index is 1.72. The quantitative estimate of drug-likeness (QED) is 0.681. The molecule has 1 aliphatic carbocycles. The summed E-state index contributed by atoms with van der Waals surface area (Å²) in [5.74, 6) is 0.109. The van der Waals surface area contributed by atoms with Gasteiger partial charge in [-0.2, -0.15) is 0 Å². The lowest BCUT2D eigenvalue weighted by Crippen LogP contribution is -2.32. The maximum absolute atomic E-state index is 12.8. The Morgan fingerprint density at radius 2 is 1.83 bits per heavy atom. The second-order valence-electron chi connectivity index (χ2n) is 7.34. The summed E-state index contributed by atoms with van der Waals surface area (Å²) in [4.78, 5) is 24.9. The van der Waals surface area contributed by atoms with E-state index in [1.54, 1.807) is 32.0 Å². The van der Waals surface area contributed by atoms with Gasteiger partial charge in [0.05, 0.1) is 12.2 Å². The monoisotopic (exact) mass is 395 g/mol. The molecule has 0 saturated heterocycles. The van der Waals surface area contributed by atoms with Crippen LogP contribution in [0, 0.1) is 6.92 Å². The van der Waals surface area contributed by atoms with Crippen LogP contribution in [0.1, 0.15) is 60.2 Å². The van der Waals surface area contributed by atoms with E-state index in [2.05, 4.69) is 17.4 Å². The van der Waals surface area contributed by atoms with E-state index < -0.39 is 12.1 Å². The topological polar surface area (TPSA) is 64.6 Å². The summed E-state index contributed by atoms with van der Waals surface area (Å²) in [6, 6.07) is 11.3. The zero-order valence-corrected chi connectivity index (χ0v) is 17.4. The van der Waals surface area contributed by atoms with E-state index in [9.17, 15) is 9.59 Å². The molecule has 154 valence electrons. The third-order valence-corrected chi connectivity index (χ3v) is 5.35. The van der Waals surface area contributed by atoms with Crippen LogP contribution >= 0.6 is 0 Å². The molecule has 0 aliphatic heterocycles. The predicted molar refractivity (Wildman–Crippen MR) is 114 cm³/mol. The smallest absolute Gasteiger partial charge is 0.338 e. The van der Waals surface area contributed by atoms with Crippen LogP contribution in [0.15, 0.2) is 36.4 Å². The van der Waals surface area contributed by atoms with Gasteiger partial charge in [-0.3, -0.25) is 4.79 Å². The average molecular weight is 395 g/mol. The van der Waals surface area contributed by atoms with Crippen molar-refractivity contribution in [2.45, 2.75) is 59.0 Å². The highest BCUT2D eigenvalue weighted by Gasteiger charge is 2.21. The SMILES string of the molecule is CCOC(=O)c1cccc(NC(=O)[C@@H](CC)Oc2ccc3c(c2)CCCC3)c1C. The first-order chi connectivity index (χ1) is 14.0. The molecular weight excluding hydrogens is 366 g/mol. The number of anilines is 1. The molecule has 1 aliphatic rings. The van der Waals surface area contributed by atoms with Gasteiger partial charge in [-0.05, 0) is 86.9 Å². The van der Waals surface area contributed by atoms with Gasteiger partial charge in [0.15, 0.2) is 6.10 Å². The highest BCUT2D eigenvalue weighted by Crippen LogP contribution is 2.27. The Morgan fingerprint density at radius 1 is 1.07 bits per heavy atom. The van der Waals surface area contributed by atoms with Crippen LogP contribution < -0.4 is 10.1 Å². The molecule has 0 fully saturated rings. The van der Waals surface area contributed by atoms with E-state index in [1.165, 1.54) is 24.0 Å². The van der Waals surface area contributed by atoms with Gasteiger partial charge in [-0.25, -0.2) is 4.79 Å². The number of rotatable bonds is 7. The van der Waals surface area contributed by atoms with Gasteiger partial charge in [0.25, 0.3) is 5.91 Å². The molecule has 1 amide bonds. The Bertz CT molecular complexity index is 890. The lowest BCUT2D eigenvalue weighted by Gasteiger charge is -2.21.